The molecule has 0 spiro atoms. The Balaban J connectivity index is 1.53. The zero-order chi connectivity index (χ0) is 23.2. The molecule has 4 rings (SSSR count). The molecule has 7 heteroatoms. The Morgan fingerprint density at radius 3 is 2.24 bits per heavy atom. The first-order chi connectivity index (χ1) is 16.0. The minimum Gasteiger partial charge on any atom is -0.484 e. The first-order valence-electron chi connectivity index (χ1n) is 10.7. The number of ether oxygens (including phenoxy) is 1. The van der Waals surface area contributed by atoms with Gasteiger partial charge in [-0.2, -0.15) is 0 Å². The van der Waals surface area contributed by atoms with Crippen molar-refractivity contribution in [1.29, 1.82) is 0 Å². The van der Waals surface area contributed by atoms with Gasteiger partial charge in [-0.15, -0.1) is 0 Å². The van der Waals surface area contributed by atoms with Crippen LogP contribution in [0.5, 0.6) is 5.75 Å². The van der Waals surface area contributed by atoms with Gasteiger partial charge >= 0.3 is 0 Å². The molecule has 0 N–H and O–H groups in total. The highest BCUT2D eigenvalue weighted by Gasteiger charge is 2.44. The number of benzene rings is 3. The van der Waals surface area contributed by atoms with E-state index >= 15 is 0 Å². The Kier molecular flexibility index (Phi) is 7.39. The van der Waals surface area contributed by atoms with Crippen LogP contribution in [-0.4, -0.2) is 41.8 Å². The van der Waals surface area contributed by atoms with Gasteiger partial charge in [-0.25, -0.2) is 4.90 Å². The number of hydrogen-bond acceptors (Lipinski definition) is 4. The number of hydrogen-bond donors (Lipinski definition) is 0. The highest BCUT2D eigenvalue weighted by Crippen LogP contribution is 2.27. The van der Waals surface area contributed by atoms with Crippen molar-refractivity contribution < 1.29 is 19.1 Å². The van der Waals surface area contributed by atoms with Crippen molar-refractivity contribution in [1.82, 2.24) is 4.90 Å². The minimum absolute atomic E-state index is 0.0450. The van der Waals surface area contributed by atoms with Crippen LogP contribution in [0.25, 0.3) is 0 Å². The molecule has 1 fully saturated rings. The molecule has 168 valence electrons. The minimum atomic E-state index is -0.854. The lowest BCUT2D eigenvalue weighted by Gasteiger charge is -2.28. The van der Waals surface area contributed by atoms with Crippen LogP contribution in [0.4, 0.5) is 5.69 Å². The summed E-state index contributed by atoms with van der Waals surface area (Å²) in [5, 5.41) is 0. The maximum Gasteiger partial charge on any atom is 0.261 e. The van der Waals surface area contributed by atoms with Crippen molar-refractivity contribution in [3.8, 4) is 5.75 Å². The molecule has 1 heterocycles. The fourth-order valence-corrected chi connectivity index (χ4v) is 4.17. The number of nitrogens with zero attached hydrogens (tertiary/aromatic N) is 2. The monoisotopic (exact) mass is 554 g/mol. The van der Waals surface area contributed by atoms with Gasteiger partial charge < -0.3 is 9.64 Å². The molecular formula is C26H23IN2O4. The van der Waals surface area contributed by atoms with E-state index < -0.39 is 6.04 Å². The maximum absolute atomic E-state index is 13.3. The van der Waals surface area contributed by atoms with Gasteiger partial charge in [-0.1, -0.05) is 48.5 Å². The summed E-state index contributed by atoms with van der Waals surface area (Å²) in [5.74, 6) is -0.455. The Hall–Kier alpha value is -3.20. The van der Waals surface area contributed by atoms with Crippen LogP contribution < -0.4 is 9.64 Å². The van der Waals surface area contributed by atoms with Gasteiger partial charge in [0.1, 0.15) is 11.8 Å². The van der Waals surface area contributed by atoms with E-state index in [0.29, 0.717) is 24.4 Å². The van der Waals surface area contributed by atoms with Crippen LogP contribution in [0.2, 0.25) is 0 Å². The molecule has 1 aliphatic rings. The van der Waals surface area contributed by atoms with E-state index in [-0.39, 0.29) is 30.7 Å². The van der Waals surface area contributed by atoms with Gasteiger partial charge in [0, 0.05) is 10.1 Å². The summed E-state index contributed by atoms with van der Waals surface area (Å²) >= 11 is 2.17. The summed E-state index contributed by atoms with van der Waals surface area (Å²) in [7, 11) is 0. The van der Waals surface area contributed by atoms with E-state index in [1.165, 1.54) is 9.80 Å². The highest BCUT2D eigenvalue weighted by atomic mass is 127. The lowest BCUT2D eigenvalue weighted by Crippen LogP contribution is -2.48. The van der Waals surface area contributed by atoms with E-state index in [1.807, 2.05) is 60.7 Å². The summed E-state index contributed by atoms with van der Waals surface area (Å²) < 4.78 is 6.65. The highest BCUT2D eigenvalue weighted by molar-refractivity contribution is 14.1. The average Bonchev–Trinajstić information content (AvgIpc) is 3.13. The van der Waals surface area contributed by atoms with Gasteiger partial charge in [0.2, 0.25) is 5.91 Å². The normalized spacial score (nSPS) is 15.5. The molecule has 1 unspecified atom stereocenters. The van der Waals surface area contributed by atoms with E-state index in [4.69, 9.17) is 4.74 Å². The molecule has 0 aliphatic carbocycles. The fourth-order valence-electron chi connectivity index (χ4n) is 3.81. The molecule has 0 bridgehead atoms. The zero-order valence-corrected chi connectivity index (χ0v) is 20.1. The SMILES string of the molecule is O=C1CC(N(CCc2ccccc2)C(=O)COc2ccccc2)C(=O)N1c1ccc(I)cc1. The number of amides is 3. The number of carbonyl (C=O) groups excluding carboxylic acids is 3. The third-order valence-electron chi connectivity index (χ3n) is 5.49. The number of carbonyl (C=O) groups is 3. The second-order valence-corrected chi connectivity index (χ2v) is 8.93. The molecule has 0 radical (unpaired) electrons. The molecule has 1 saturated heterocycles. The van der Waals surface area contributed by atoms with Crippen LogP contribution in [0.15, 0.2) is 84.9 Å². The molecule has 3 amide bonds. The van der Waals surface area contributed by atoms with Crippen molar-refractivity contribution in [2.24, 2.45) is 0 Å². The van der Waals surface area contributed by atoms with E-state index in [2.05, 4.69) is 22.6 Å². The topological polar surface area (TPSA) is 66.9 Å². The Labute approximate surface area is 206 Å². The molecule has 0 aromatic heterocycles. The standard InChI is InChI=1S/C26H23IN2O4/c27-20-11-13-21(14-12-20)29-24(30)17-23(26(29)32)28(16-15-19-7-3-1-4-8-19)25(31)18-33-22-9-5-2-6-10-22/h1-14,23H,15-18H2. The first-order valence-corrected chi connectivity index (χ1v) is 11.7. The number of halogens is 1. The molecule has 1 atom stereocenters. The van der Waals surface area contributed by atoms with Gasteiger partial charge in [0.25, 0.3) is 11.8 Å². The Morgan fingerprint density at radius 2 is 1.58 bits per heavy atom. The third kappa shape index (κ3) is 5.60. The van der Waals surface area contributed by atoms with Gasteiger partial charge in [-0.3, -0.25) is 14.4 Å². The number of para-hydroxylation sites is 1. The summed E-state index contributed by atoms with van der Waals surface area (Å²) in [6.07, 6.45) is 0.524. The van der Waals surface area contributed by atoms with Crippen molar-refractivity contribution in [2.75, 3.05) is 18.1 Å². The average molecular weight is 554 g/mol. The van der Waals surface area contributed by atoms with Crippen LogP contribution >= 0.6 is 22.6 Å². The van der Waals surface area contributed by atoms with Gasteiger partial charge in [0.05, 0.1) is 12.1 Å². The largest absolute Gasteiger partial charge is 0.484 e. The Bertz CT molecular complexity index is 1120. The smallest absolute Gasteiger partial charge is 0.261 e. The molecule has 1 aliphatic heterocycles. The summed E-state index contributed by atoms with van der Waals surface area (Å²) in [6, 6.07) is 25.1. The number of rotatable bonds is 8. The zero-order valence-electron chi connectivity index (χ0n) is 17.9. The van der Waals surface area contributed by atoms with Crippen LogP contribution in [0, 0.1) is 3.57 Å². The second-order valence-electron chi connectivity index (χ2n) is 7.69. The summed E-state index contributed by atoms with van der Waals surface area (Å²) in [5.41, 5.74) is 1.56. The quantitative estimate of drug-likeness (QED) is 0.311. The molecule has 6 nitrogen and oxygen atoms in total. The van der Waals surface area contributed by atoms with Crippen LogP contribution in [0.3, 0.4) is 0 Å². The fraction of sp³-hybridized carbons (Fsp3) is 0.192. The Morgan fingerprint density at radius 1 is 0.939 bits per heavy atom. The maximum atomic E-state index is 13.3. The first kappa shape index (κ1) is 23.0. The van der Waals surface area contributed by atoms with E-state index in [9.17, 15) is 14.4 Å². The molecular weight excluding hydrogens is 531 g/mol. The second kappa shape index (κ2) is 10.6. The van der Waals surface area contributed by atoms with Crippen LogP contribution in [-0.2, 0) is 20.8 Å². The lowest BCUT2D eigenvalue weighted by atomic mass is 10.1. The third-order valence-corrected chi connectivity index (χ3v) is 6.21. The van der Waals surface area contributed by atoms with Crippen molar-refractivity contribution >= 4 is 46.0 Å². The van der Waals surface area contributed by atoms with Crippen molar-refractivity contribution in [3.05, 3.63) is 94.1 Å². The molecule has 3 aromatic rings. The lowest BCUT2D eigenvalue weighted by molar-refractivity contribution is -0.140. The summed E-state index contributed by atoms with van der Waals surface area (Å²) in [6.45, 7) is 0.103. The predicted octanol–water partition coefficient (Wildman–Crippen LogP) is 4.07. The van der Waals surface area contributed by atoms with Crippen molar-refractivity contribution in [2.45, 2.75) is 18.9 Å². The van der Waals surface area contributed by atoms with E-state index in [0.717, 1.165) is 9.13 Å². The van der Waals surface area contributed by atoms with E-state index in [1.54, 1.807) is 24.3 Å². The predicted molar refractivity (Wildman–Crippen MR) is 134 cm³/mol. The molecule has 0 saturated carbocycles. The number of anilines is 1. The summed E-state index contributed by atoms with van der Waals surface area (Å²) in [4.78, 5) is 42.0. The molecule has 3 aromatic carbocycles. The molecule has 33 heavy (non-hydrogen) atoms. The van der Waals surface area contributed by atoms with Gasteiger partial charge in [0.15, 0.2) is 6.61 Å². The van der Waals surface area contributed by atoms with Gasteiger partial charge in [-0.05, 0) is 71.0 Å². The van der Waals surface area contributed by atoms with Crippen molar-refractivity contribution in [3.63, 3.8) is 0 Å². The van der Waals surface area contributed by atoms with Crippen LogP contribution in [0.1, 0.15) is 12.0 Å². The number of imide groups is 1.